The van der Waals surface area contributed by atoms with Gasteiger partial charge in [-0.25, -0.2) is 0 Å². The molecule has 4 rings (SSSR count). The second-order valence-corrected chi connectivity index (χ2v) is 9.39. The molecular formula is C28H29O2P. The highest BCUT2D eigenvalue weighted by molar-refractivity contribution is 7.55. The summed E-state index contributed by atoms with van der Waals surface area (Å²) in [6.45, 7) is 2.67. The summed E-state index contributed by atoms with van der Waals surface area (Å²) in [4.78, 5) is 0. The predicted octanol–water partition coefficient (Wildman–Crippen LogP) is 5.37. The van der Waals surface area contributed by atoms with E-state index in [2.05, 4.69) is 79.8 Å². The van der Waals surface area contributed by atoms with Crippen molar-refractivity contribution < 1.29 is 9.84 Å². The third-order valence-electron chi connectivity index (χ3n) is 5.55. The van der Waals surface area contributed by atoms with Crippen LogP contribution in [0.5, 0.6) is 5.75 Å². The van der Waals surface area contributed by atoms with Crippen LogP contribution in [0.4, 0.5) is 0 Å². The summed E-state index contributed by atoms with van der Waals surface area (Å²) < 4.78 is 6.26. The van der Waals surface area contributed by atoms with Crippen molar-refractivity contribution in [2.75, 3.05) is 0 Å². The minimum atomic E-state index is 0.0586. The van der Waals surface area contributed by atoms with E-state index >= 15 is 0 Å². The van der Waals surface area contributed by atoms with Crippen LogP contribution in [-0.2, 0) is 19.6 Å². The van der Waals surface area contributed by atoms with Crippen LogP contribution in [0.2, 0.25) is 0 Å². The summed E-state index contributed by atoms with van der Waals surface area (Å²) in [5, 5.41) is 12.2. The Morgan fingerprint density at radius 3 is 2.58 bits per heavy atom. The molecule has 3 aromatic rings. The molecule has 1 aliphatic carbocycles. The molecule has 0 saturated carbocycles. The summed E-state index contributed by atoms with van der Waals surface area (Å²) in [7, 11) is 0.437. The third kappa shape index (κ3) is 5.94. The molecule has 2 nitrogen and oxygen atoms in total. The maximum atomic E-state index is 9.87. The number of ether oxygens (including phenoxy) is 1. The van der Waals surface area contributed by atoms with E-state index in [1.165, 1.54) is 21.7 Å². The Morgan fingerprint density at radius 2 is 1.81 bits per heavy atom. The molecule has 2 atom stereocenters. The average Bonchev–Trinajstić information content (AvgIpc) is 2.81. The number of aliphatic hydroxyl groups is 1. The minimum absolute atomic E-state index is 0.0586. The molecule has 0 fully saturated rings. The van der Waals surface area contributed by atoms with Gasteiger partial charge in [0.2, 0.25) is 0 Å². The number of aryl methyl sites for hydroxylation is 1. The van der Waals surface area contributed by atoms with Crippen molar-refractivity contribution in [1.82, 2.24) is 0 Å². The van der Waals surface area contributed by atoms with Crippen LogP contribution in [0.25, 0.3) is 0 Å². The van der Waals surface area contributed by atoms with Crippen LogP contribution < -0.4 is 15.3 Å². The standard InChI is InChI=1S/C28H29O2P/c1-21-12-15-27(25(16-21)19-29)31-28-18-24(17-22-8-4-2-5-9-22)13-14-26(28)30-20-23-10-6-3-7-11-23/h2-8,10-16,18,22,29,31H,9,17,19-20H2,1H3. The van der Waals surface area contributed by atoms with Gasteiger partial charge in [-0.15, -0.1) is 0 Å². The highest BCUT2D eigenvalue weighted by Crippen LogP contribution is 2.26. The quantitative estimate of drug-likeness (QED) is 0.489. The lowest BCUT2D eigenvalue weighted by molar-refractivity contribution is 0.283. The fourth-order valence-corrected chi connectivity index (χ4v) is 5.17. The van der Waals surface area contributed by atoms with E-state index in [0.29, 0.717) is 21.1 Å². The van der Waals surface area contributed by atoms with Crippen molar-refractivity contribution in [2.45, 2.75) is 33.0 Å². The molecule has 1 N–H and O–H groups in total. The summed E-state index contributed by atoms with van der Waals surface area (Å²) in [6.07, 6.45) is 10.9. The second-order valence-electron chi connectivity index (χ2n) is 8.06. The van der Waals surface area contributed by atoms with E-state index in [-0.39, 0.29) is 6.61 Å². The molecular weight excluding hydrogens is 399 g/mol. The molecule has 158 valence electrons. The Hall–Kier alpha value is -2.67. The van der Waals surface area contributed by atoms with Gasteiger partial charge in [-0.3, -0.25) is 0 Å². The molecule has 0 spiro atoms. The van der Waals surface area contributed by atoms with E-state index in [0.717, 1.165) is 29.7 Å². The normalized spacial score (nSPS) is 15.6. The molecule has 0 saturated heterocycles. The van der Waals surface area contributed by atoms with Gasteiger partial charge in [-0.1, -0.05) is 93.0 Å². The number of aliphatic hydroxyl groups excluding tert-OH is 1. The van der Waals surface area contributed by atoms with Crippen LogP contribution in [0.1, 0.15) is 28.7 Å². The minimum Gasteiger partial charge on any atom is -0.488 e. The van der Waals surface area contributed by atoms with Gasteiger partial charge in [0.1, 0.15) is 12.4 Å². The van der Waals surface area contributed by atoms with E-state index in [9.17, 15) is 5.11 Å². The maximum absolute atomic E-state index is 9.87. The second kappa shape index (κ2) is 10.6. The van der Waals surface area contributed by atoms with Crippen LogP contribution in [0.15, 0.2) is 91.0 Å². The summed E-state index contributed by atoms with van der Waals surface area (Å²) >= 11 is 0. The molecule has 31 heavy (non-hydrogen) atoms. The van der Waals surface area contributed by atoms with E-state index < -0.39 is 0 Å². The molecule has 2 unspecified atom stereocenters. The Morgan fingerprint density at radius 1 is 0.935 bits per heavy atom. The SMILES string of the molecule is Cc1ccc(Pc2cc(CC3C=CC=CC3)ccc2OCc2ccccc2)c(CO)c1. The Bertz CT molecular complexity index is 1070. The summed E-state index contributed by atoms with van der Waals surface area (Å²) in [6, 6.07) is 23.2. The molecule has 0 radical (unpaired) electrons. The molecule has 0 aliphatic heterocycles. The van der Waals surface area contributed by atoms with Crippen LogP contribution >= 0.6 is 8.58 Å². The lowest BCUT2D eigenvalue weighted by atomic mass is 9.93. The van der Waals surface area contributed by atoms with Crippen LogP contribution in [0.3, 0.4) is 0 Å². The van der Waals surface area contributed by atoms with Crippen molar-refractivity contribution >= 4 is 19.2 Å². The average molecular weight is 429 g/mol. The van der Waals surface area contributed by atoms with Crippen molar-refractivity contribution in [1.29, 1.82) is 0 Å². The van der Waals surface area contributed by atoms with E-state index in [1.807, 2.05) is 18.2 Å². The van der Waals surface area contributed by atoms with Crippen molar-refractivity contribution in [3.63, 3.8) is 0 Å². The Kier molecular flexibility index (Phi) is 7.35. The van der Waals surface area contributed by atoms with Crippen molar-refractivity contribution in [3.05, 3.63) is 113 Å². The molecule has 0 bridgehead atoms. The number of hydrogen-bond donors (Lipinski definition) is 1. The summed E-state index contributed by atoms with van der Waals surface area (Å²) in [5.41, 5.74) is 4.66. The van der Waals surface area contributed by atoms with Crippen molar-refractivity contribution in [3.8, 4) is 5.75 Å². The predicted molar refractivity (Wildman–Crippen MR) is 132 cm³/mol. The first-order chi connectivity index (χ1) is 15.2. The molecule has 3 aromatic carbocycles. The van der Waals surface area contributed by atoms with Gasteiger partial charge in [0, 0.05) is 5.30 Å². The monoisotopic (exact) mass is 428 g/mol. The van der Waals surface area contributed by atoms with Gasteiger partial charge < -0.3 is 9.84 Å². The highest BCUT2D eigenvalue weighted by atomic mass is 31.1. The van der Waals surface area contributed by atoms with Gasteiger partial charge in [0.05, 0.1) is 6.61 Å². The first-order valence-electron chi connectivity index (χ1n) is 10.8. The Balaban J connectivity index is 1.60. The topological polar surface area (TPSA) is 29.5 Å². The molecule has 1 aliphatic rings. The molecule has 0 heterocycles. The van der Waals surface area contributed by atoms with Gasteiger partial charge in [0.15, 0.2) is 0 Å². The fraction of sp³-hybridized carbons (Fsp3) is 0.214. The lowest BCUT2D eigenvalue weighted by Gasteiger charge is -2.17. The number of benzene rings is 3. The van der Waals surface area contributed by atoms with Crippen LogP contribution in [-0.4, -0.2) is 5.11 Å². The van der Waals surface area contributed by atoms with Gasteiger partial charge in [0.25, 0.3) is 0 Å². The zero-order chi connectivity index (χ0) is 21.5. The zero-order valence-electron chi connectivity index (χ0n) is 17.9. The number of rotatable bonds is 8. The van der Waals surface area contributed by atoms with E-state index in [1.54, 1.807) is 0 Å². The fourth-order valence-electron chi connectivity index (χ4n) is 3.87. The van der Waals surface area contributed by atoms with E-state index in [4.69, 9.17) is 4.74 Å². The molecule has 0 aromatic heterocycles. The van der Waals surface area contributed by atoms with Gasteiger partial charge in [-0.2, -0.15) is 0 Å². The Labute approximate surface area is 187 Å². The smallest absolute Gasteiger partial charge is 0.127 e. The molecule has 0 amide bonds. The molecule has 3 heteroatoms. The van der Waals surface area contributed by atoms with Crippen molar-refractivity contribution in [2.24, 2.45) is 5.92 Å². The lowest BCUT2D eigenvalue weighted by Crippen LogP contribution is -2.14. The number of hydrogen-bond acceptors (Lipinski definition) is 2. The summed E-state index contributed by atoms with van der Waals surface area (Å²) in [5.74, 6) is 1.47. The number of allylic oxidation sites excluding steroid dienone is 4. The first kappa shape index (κ1) is 21.6. The van der Waals surface area contributed by atoms with Gasteiger partial charge in [-0.05, 0) is 59.8 Å². The largest absolute Gasteiger partial charge is 0.488 e. The third-order valence-corrected chi connectivity index (χ3v) is 6.97. The first-order valence-corrected chi connectivity index (χ1v) is 11.8. The maximum Gasteiger partial charge on any atom is 0.127 e. The van der Waals surface area contributed by atoms with Gasteiger partial charge >= 0.3 is 0 Å². The van der Waals surface area contributed by atoms with Crippen LogP contribution in [0, 0.1) is 12.8 Å². The highest BCUT2D eigenvalue weighted by Gasteiger charge is 2.13. The zero-order valence-corrected chi connectivity index (χ0v) is 18.9.